The lowest BCUT2D eigenvalue weighted by molar-refractivity contribution is 0.0233. The topological polar surface area (TPSA) is 51.2 Å². The molecule has 1 heterocycles. The van der Waals surface area contributed by atoms with Crippen molar-refractivity contribution in [2.45, 2.75) is 6.61 Å². The molecule has 0 aliphatic rings. The van der Waals surface area contributed by atoms with Crippen LogP contribution in [0.2, 0.25) is 5.02 Å². The molecule has 0 aliphatic heterocycles. The van der Waals surface area contributed by atoms with Crippen LogP contribution in [0.4, 0.5) is 0 Å². The summed E-state index contributed by atoms with van der Waals surface area (Å²) in [6.07, 6.45) is 2.91. The van der Waals surface area contributed by atoms with Gasteiger partial charge < -0.3 is 0 Å². The number of amides is 1. The molecule has 0 fully saturated rings. The van der Waals surface area contributed by atoms with Crippen LogP contribution in [-0.4, -0.2) is 10.9 Å². The SMILES string of the molecule is O=C(NOCc1ccccc1)c1cnccc1Cl. The van der Waals surface area contributed by atoms with Gasteiger partial charge in [0.2, 0.25) is 0 Å². The lowest BCUT2D eigenvalue weighted by Gasteiger charge is -2.06. The molecule has 92 valence electrons. The van der Waals surface area contributed by atoms with Gasteiger partial charge in [-0.2, -0.15) is 0 Å². The summed E-state index contributed by atoms with van der Waals surface area (Å²) in [6.45, 7) is 0.296. The molecule has 1 amide bonds. The first-order chi connectivity index (χ1) is 8.77. The highest BCUT2D eigenvalue weighted by Gasteiger charge is 2.09. The Kier molecular flexibility index (Phi) is 4.28. The number of hydrogen-bond acceptors (Lipinski definition) is 3. The van der Waals surface area contributed by atoms with Crippen molar-refractivity contribution in [3.63, 3.8) is 0 Å². The molecular formula is C13H11ClN2O2. The molecule has 0 bridgehead atoms. The van der Waals surface area contributed by atoms with Gasteiger partial charge in [0.25, 0.3) is 5.91 Å². The Balaban J connectivity index is 1.88. The van der Waals surface area contributed by atoms with Crippen LogP contribution < -0.4 is 5.48 Å². The maximum absolute atomic E-state index is 11.7. The van der Waals surface area contributed by atoms with E-state index >= 15 is 0 Å². The minimum atomic E-state index is -0.413. The lowest BCUT2D eigenvalue weighted by Crippen LogP contribution is -2.24. The van der Waals surface area contributed by atoms with Gasteiger partial charge in [0.15, 0.2) is 0 Å². The first-order valence-corrected chi connectivity index (χ1v) is 5.71. The number of aromatic nitrogens is 1. The van der Waals surface area contributed by atoms with Crippen LogP contribution in [0.25, 0.3) is 0 Å². The second kappa shape index (κ2) is 6.14. The first-order valence-electron chi connectivity index (χ1n) is 5.33. The fourth-order valence-electron chi connectivity index (χ4n) is 1.36. The molecule has 4 nitrogen and oxygen atoms in total. The molecule has 0 atom stereocenters. The highest BCUT2D eigenvalue weighted by Crippen LogP contribution is 2.13. The van der Waals surface area contributed by atoms with E-state index in [1.54, 1.807) is 6.07 Å². The zero-order valence-corrected chi connectivity index (χ0v) is 10.2. The van der Waals surface area contributed by atoms with Gasteiger partial charge in [-0.15, -0.1) is 0 Å². The fraction of sp³-hybridized carbons (Fsp3) is 0.0769. The van der Waals surface area contributed by atoms with Gasteiger partial charge in [-0.25, -0.2) is 5.48 Å². The molecule has 1 aromatic heterocycles. The van der Waals surface area contributed by atoms with E-state index in [-0.39, 0.29) is 5.56 Å². The van der Waals surface area contributed by atoms with Crippen molar-refractivity contribution in [1.29, 1.82) is 0 Å². The van der Waals surface area contributed by atoms with Crippen molar-refractivity contribution in [3.05, 3.63) is 64.9 Å². The van der Waals surface area contributed by atoms with Crippen molar-refractivity contribution in [2.24, 2.45) is 0 Å². The molecule has 5 heteroatoms. The molecule has 2 rings (SSSR count). The summed E-state index contributed by atoms with van der Waals surface area (Å²) in [5.74, 6) is -0.413. The molecule has 0 saturated heterocycles. The van der Waals surface area contributed by atoms with E-state index in [0.717, 1.165) is 5.56 Å². The predicted octanol–water partition coefficient (Wildman–Crippen LogP) is 2.60. The number of hydroxylamine groups is 1. The Labute approximate surface area is 110 Å². The Hall–Kier alpha value is -1.91. The molecule has 1 aromatic carbocycles. The van der Waals surface area contributed by atoms with Gasteiger partial charge in [0.1, 0.15) is 0 Å². The number of nitrogens with zero attached hydrogens (tertiary/aromatic N) is 1. The van der Waals surface area contributed by atoms with E-state index in [1.165, 1.54) is 12.4 Å². The summed E-state index contributed by atoms with van der Waals surface area (Å²) in [6, 6.07) is 11.1. The highest BCUT2D eigenvalue weighted by molar-refractivity contribution is 6.33. The molecule has 18 heavy (non-hydrogen) atoms. The number of benzene rings is 1. The average molecular weight is 263 g/mol. The van der Waals surface area contributed by atoms with Gasteiger partial charge in [0.05, 0.1) is 17.2 Å². The maximum atomic E-state index is 11.7. The van der Waals surface area contributed by atoms with E-state index in [9.17, 15) is 4.79 Å². The van der Waals surface area contributed by atoms with Crippen LogP contribution in [-0.2, 0) is 11.4 Å². The van der Waals surface area contributed by atoms with Crippen LogP contribution in [0.5, 0.6) is 0 Å². The molecule has 0 saturated carbocycles. The van der Waals surface area contributed by atoms with Crippen molar-refractivity contribution >= 4 is 17.5 Å². The van der Waals surface area contributed by atoms with Gasteiger partial charge in [0, 0.05) is 12.4 Å². The van der Waals surface area contributed by atoms with Crippen LogP contribution in [0.15, 0.2) is 48.8 Å². The second-order valence-electron chi connectivity index (χ2n) is 3.56. The van der Waals surface area contributed by atoms with Crippen LogP contribution in [0, 0.1) is 0 Å². The molecule has 0 unspecified atom stereocenters. The predicted molar refractivity (Wildman–Crippen MR) is 67.9 cm³/mol. The lowest BCUT2D eigenvalue weighted by atomic mass is 10.2. The van der Waals surface area contributed by atoms with Gasteiger partial charge in [-0.05, 0) is 11.6 Å². The van der Waals surface area contributed by atoms with Crippen LogP contribution >= 0.6 is 11.6 Å². The molecule has 0 radical (unpaired) electrons. The monoisotopic (exact) mass is 262 g/mol. The Morgan fingerprint density at radius 3 is 2.78 bits per heavy atom. The van der Waals surface area contributed by atoms with Crippen LogP contribution in [0.1, 0.15) is 15.9 Å². The maximum Gasteiger partial charge on any atom is 0.277 e. The molecule has 0 spiro atoms. The third kappa shape index (κ3) is 3.29. The summed E-state index contributed by atoms with van der Waals surface area (Å²) in [7, 11) is 0. The number of rotatable bonds is 4. The summed E-state index contributed by atoms with van der Waals surface area (Å²) in [4.78, 5) is 20.6. The number of carbonyl (C=O) groups excluding carboxylic acids is 1. The number of halogens is 1. The van der Waals surface area contributed by atoms with Gasteiger partial charge in [-0.3, -0.25) is 14.6 Å². The van der Waals surface area contributed by atoms with Crippen molar-refractivity contribution < 1.29 is 9.63 Å². The molecule has 1 N–H and O–H groups in total. The van der Waals surface area contributed by atoms with Crippen molar-refractivity contribution in [1.82, 2.24) is 10.5 Å². The molecule has 2 aromatic rings. The Morgan fingerprint density at radius 1 is 1.28 bits per heavy atom. The largest absolute Gasteiger partial charge is 0.277 e. The number of pyridine rings is 1. The van der Waals surface area contributed by atoms with Crippen molar-refractivity contribution in [3.8, 4) is 0 Å². The Morgan fingerprint density at radius 2 is 2.06 bits per heavy atom. The summed E-state index contributed by atoms with van der Waals surface area (Å²) < 4.78 is 0. The number of carbonyl (C=O) groups is 1. The van der Waals surface area contributed by atoms with Gasteiger partial charge in [-0.1, -0.05) is 41.9 Å². The summed E-state index contributed by atoms with van der Waals surface area (Å²) >= 11 is 5.86. The highest BCUT2D eigenvalue weighted by atomic mass is 35.5. The van der Waals surface area contributed by atoms with E-state index in [2.05, 4.69) is 10.5 Å². The summed E-state index contributed by atoms with van der Waals surface area (Å²) in [5.41, 5.74) is 3.58. The minimum absolute atomic E-state index is 0.284. The average Bonchev–Trinajstić information content (AvgIpc) is 2.40. The normalized spacial score (nSPS) is 10.1. The fourth-order valence-corrected chi connectivity index (χ4v) is 1.55. The molecular weight excluding hydrogens is 252 g/mol. The van der Waals surface area contributed by atoms with Crippen LogP contribution in [0.3, 0.4) is 0 Å². The quantitative estimate of drug-likeness (QED) is 0.862. The third-order valence-corrected chi connectivity index (χ3v) is 2.59. The van der Waals surface area contributed by atoms with E-state index in [0.29, 0.717) is 11.6 Å². The minimum Gasteiger partial charge on any atom is -0.269 e. The standard InChI is InChI=1S/C13H11ClN2O2/c14-12-6-7-15-8-11(12)13(17)16-18-9-10-4-2-1-3-5-10/h1-8H,9H2,(H,16,17). The van der Waals surface area contributed by atoms with E-state index in [4.69, 9.17) is 16.4 Å². The van der Waals surface area contributed by atoms with E-state index < -0.39 is 5.91 Å². The third-order valence-electron chi connectivity index (χ3n) is 2.26. The number of nitrogens with one attached hydrogen (secondary N) is 1. The van der Waals surface area contributed by atoms with Gasteiger partial charge >= 0.3 is 0 Å². The summed E-state index contributed by atoms with van der Waals surface area (Å²) in [5, 5.41) is 0.339. The molecule has 0 aliphatic carbocycles. The smallest absolute Gasteiger partial charge is 0.269 e. The first kappa shape index (κ1) is 12.5. The second-order valence-corrected chi connectivity index (χ2v) is 3.97. The van der Waals surface area contributed by atoms with E-state index in [1.807, 2.05) is 30.3 Å². The zero-order valence-electron chi connectivity index (χ0n) is 9.47. The zero-order chi connectivity index (χ0) is 12.8. The Bertz CT molecular complexity index is 532. The number of hydrogen-bond donors (Lipinski definition) is 1. The van der Waals surface area contributed by atoms with Crippen molar-refractivity contribution in [2.75, 3.05) is 0 Å².